The summed E-state index contributed by atoms with van der Waals surface area (Å²) in [6.45, 7) is 7.70. The third kappa shape index (κ3) is 2.92. The number of guanidine groups is 1. The SMILES string of the molecule is C=C[C@@H]1C[C@H]1C(c1ccc(C#N)cc1)N1C(=O)CC(C)(C)N=C1N. The van der Waals surface area contributed by atoms with Gasteiger partial charge >= 0.3 is 0 Å². The molecule has 2 N–H and O–H groups in total. The summed E-state index contributed by atoms with van der Waals surface area (Å²) in [4.78, 5) is 18.9. The van der Waals surface area contributed by atoms with Gasteiger partial charge in [-0.1, -0.05) is 18.2 Å². The fraction of sp³-hybridized carbons (Fsp3) is 0.421. The average molecular weight is 322 g/mol. The van der Waals surface area contributed by atoms with Crippen molar-refractivity contribution < 1.29 is 4.79 Å². The predicted octanol–water partition coefficient (Wildman–Crippen LogP) is 2.75. The monoisotopic (exact) mass is 322 g/mol. The van der Waals surface area contributed by atoms with E-state index in [1.54, 1.807) is 17.0 Å². The number of rotatable bonds is 4. The molecule has 5 heteroatoms. The van der Waals surface area contributed by atoms with Crippen LogP contribution in [0.3, 0.4) is 0 Å². The summed E-state index contributed by atoms with van der Waals surface area (Å²) in [6.07, 6.45) is 3.26. The highest BCUT2D eigenvalue weighted by molar-refractivity contribution is 5.99. The highest BCUT2D eigenvalue weighted by Gasteiger charge is 2.48. The van der Waals surface area contributed by atoms with E-state index in [2.05, 4.69) is 17.6 Å². The minimum Gasteiger partial charge on any atom is -0.369 e. The molecular formula is C19H22N4O. The Morgan fingerprint density at radius 2 is 2.12 bits per heavy atom. The lowest BCUT2D eigenvalue weighted by Gasteiger charge is -2.38. The Labute approximate surface area is 142 Å². The molecule has 3 atom stereocenters. The lowest BCUT2D eigenvalue weighted by molar-refractivity contribution is -0.131. The number of nitrogens with two attached hydrogens (primary N) is 1. The van der Waals surface area contributed by atoms with Gasteiger partial charge in [0.15, 0.2) is 5.96 Å². The van der Waals surface area contributed by atoms with Crippen molar-refractivity contribution in [3.8, 4) is 6.07 Å². The Kier molecular flexibility index (Phi) is 3.92. The number of nitrogens with zero attached hydrogens (tertiary/aromatic N) is 3. The van der Waals surface area contributed by atoms with Gasteiger partial charge in [-0.05, 0) is 49.8 Å². The smallest absolute Gasteiger partial charge is 0.232 e. The minimum absolute atomic E-state index is 0.00317. The van der Waals surface area contributed by atoms with E-state index in [1.807, 2.05) is 32.1 Å². The van der Waals surface area contributed by atoms with Crippen LogP contribution in [0, 0.1) is 23.2 Å². The Bertz CT molecular complexity index is 742. The number of hydrogen-bond acceptors (Lipinski definition) is 4. The van der Waals surface area contributed by atoms with E-state index in [1.165, 1.54) is 0 Å². The molecule has 24 heavy (non-hydrogen) atoms. The van der Waals surface area contributed by atoms with Crippen molar-refractivity contribution in [2.24, 2.45) is 22.6 Å². The normalized spacial score (nSPS) is 26.3. The van der Waals surface area contributed by atoms with Crippen molar-refractivity contribution >= 4 is 11.9 Å². The topological polar surface area (TPSA) is 82.5 Å². The number of allylic oxidation sites excluding steroid dienone is 1. The molecule has 1 aliphatic carbocycles. The number of amides is 1. The van der Waals surface area contributed by atoms with Crippen LogP contribution in [0.25, 0.3) is 0 Å². The quantitative estimate of drug-likeness (QED) is 0.865. The first-order valence-electron chi connectivity index (χ1n) is 8.16. The Hall–Kier alpha value is -2.61. The van der Waals surface area contributed by atoms with Gasteiger partial charge in [-0.15, -0.1) is 6.58 Å². The van der Waals surface area contributed by atoms with Crippen molar-refractivity contribution in [3.63, 3.8) is 0 Å². The molecule has 2 aliphatic rings. The first kappa shape index (κ1) is 16.3. The van der Waals surface area contributed by atoms with E-state index >= 15 is 0 Å². The van der Waals surface area contributed by atoms with Crippen LogP contribution >= 0.6 is 0 Å². The Balaban J connectivity index is 2.01. The lowest BCUT2D eigenvalue weighted by Crippen LogP contribution is -2.51. The maximum Gasteiger partial charge on any atom is 0.232 e. The molecule has 124 valence electrons. The van der Waals surface area contributed by atoms with Gasteiger partial charge in [0.2, 0.25) is 5.91 Å². The summed E-state index contributed by atoms with van der Waals surface area (Å²) in [5.74, 6) is 0.937. The summed E-state index contributed by atoms with van der Waals surface area (Å²) < 4.78 is 0. The summed E-state index contributed by atoms with van der Waals surface area (Å²) >= 11 is 0. The maximum absolute atomic E-state index is 12.8. The molecular weight excluding hydrogens is 300 g/mol. The summed E-state index contributed by atoms with van der Waals surface area (Å²) in [7, 11) is 0. The predicted molar refractivity (Wildman–Crippen MR) is 92.9 cm³/mol. The van der Waals surface area contributed by atoms with Gasteiger partial charge in [0, 0.05) is 0 Å². The number of benzene rings is 1. The third-order valence-electron chi connectivity index (χ3n) is 4.78. The van der Waals surface area contributed by atoms with E-state index < -0.39 is 5.54 Å². The van der Waals surface area contributed by atoms with Crippen LogP contribution in [0.1, 0.15) is 43.9 Å². The van der Waals surface area contributed by atoms with E-state index in [-0.39, 0.29) is 23.8 Å². The zero-order valence-electron chi connectivity index (χ0n) is 14.1. The van der Waals surface area contributed by atoms with Crippen LogP contribution in [0.2, 0.25) is 0 Å². The second-order valence-electron chi connectivity index (χ2n) is 7.20. The molecule has 5 nitrogen and oxygen atoms in total. The molecule has 3 rings (SSSR count). The fourth-order valence-electron chi connectivity index (χ4n) is 3.50. The number of hydrogen-bond donors (Lipinski definition) is 1. The fourth-order valence-corrected chi connectivity index (χ4v) is 3.50. The van der Waals surface area contributed by atoms with Gasteiger partial charge in [0.25, 0.3) is 0 Å². The van der Waals surface area contributed by atoms with Crippen molar-refractivity contribution in [1.82, 2.24) is 4.90 Å². The molecule has 0 aromatic heterocycles. The van der Waals surface area contributed by atoms with Crippen LogP contribution in [-0.2, 0) is 4.79 Å². The molecule has 1 saturated carbocycles. The van der Waals surface area contributed by atoms with Crippen molar-refractivity contribution in [2.75, 3.05) is 0 Å². The Morgan fingerprint density at radius 1 is 1.46 bits per heavy atom. The average Bonchev–Trinajstić information content (AvgIpc) is 3.29. The molecule has 1 unspecified atom stereocenters. The summed E-state index contributed by atoms with van der Waals surface area (Å²) in [5, 5.41) is 8.99. The van der Waals surface area contributed by atoms with Gasteiger partial charge in [-0.3, -0.25) is 9.69 Å². The van der Waals surface area contributed by atoms with Gasteiger partial charge in [-0.25, -0.2) is 4.99 Å². The highest BCUT2D eigenvalue weighted by Crippen LogP contribution is 2.51. The van der Waals surface area contributed by atoms with E-state index in [0.29, 0.717) is 17.9 Å². The lowest BCUT2D eigenvalue weighted by atomic mass is 9.94. The zero-order valence-corrected chi connectivity index (χ0v) is 14.1. The van der Waals surface area contributed by atoms with Gasteiger partial charge in [-0.2, -0.15) is 5.26 Å². The molecule has 1 aromatic carbocycles. The zero-order chi connectivity index (χ0) is 17.5. The molecule has 1 fully saturated rings. The summed E-state index contributed by atoms with van der Waals surface area (Å²) in [6, 6.07) is 9.33. The molecule has 0 bridgehead atoms. The van der Waals surface area contributed by atoms with E-state index in [9.17, 15) is 4.79 Å². The molecule has 1 aliphatic heterocycles. The molecule has 0 saturated heterocycles. The van der Waals surface area contributed by atoms with Gasteiger partial charge < -0.3 is 5.73 Å². The maximum atomic E-state index is 12.8. The molecule has 1 heterocycles. The number of aliphatic imine (C=N–C) groups is 1. The molecule has 1 aromatic rings. The Morgan fingerprint density at radius 3 is 2.62 bits per heavy atom. The minimum atomic E-state index is -0.464. The molecule has 1 amide bonds. The standard InChI is InChI=1S/C19H22N4O/c1-4-13-9-15(13)17(14-7-5-12(11-20)6-8-14)23-16(24)10-19(2,3)22-18(23)21/h4-8,13,15,17H,1,9-10H2,2-3H3,(H2,21,22)/t13-,15-,17?/m1/s1. The van der Waals surface area contributed by atoms with Crippen LogP contribution in [0.4, 0.5) is 0 Å². The number of nitriles is 1. The second-order valence-corrected chi connectivity index (χ2v) is 7.20. The first-order chi connectivity index (χ1) is 11.4. The van der Waals surface area contributed by atoms with Crippen LogP contribution < -0.4 is 5.73 Å². The summed E-state index contributed by atoms with van der Waals surface area (Å²) in [5.41, 5.74) is 7.28. The largest absolute Gasteiger partial charge is 0.369 e. The number of carbonyl (C=O) groups excluding carboxylic acids is 1. The van der Waals surface area contributed by atoms with Crippen LogP contribution in [0.15, 0.2) is 41.9 Å². The second kappa shape index (κ2) is 5.79. The third-order valence-corrected chi connectivity index (χ3v) is 4.78. The van der Waals surface area contributed by atoms with Crippen LogP contribution in [-0.4, -0.2) is 22.3 Å². The first-order valence-corrected chi connectivity index (χ1v) is 8.16. The van der Waals surface area contributed by atoms with E-state index in [4.69, 9.17) is 11.0 Å². The van der Waals surface area contributed by atoms with Gasteiger partial charge in [0.05, 0.1) is 29.6 Å². The van der Waals surface area contributed by atoms with Crippen molar-refractivity contribution in [3.05, 3.63) is 48.0 Å². The van der Waals surface area contributed by atoms with Crippen molar-refractivity contribution in [2.45, 2.75) is 38.3 Å². The van der Waals surface area contributed by atoms with E-state index in [0.717, 1.165) is 12.0 Å². The van der Waals surface area contributed by atoms with Gasteiger partial charge in [0.1, 0.15) is 0 Å². The van der Waals surface area contributed by atoms with Crippen LogP contribution in [0.5, 0.6) is 0 Å². The number of carbonyl (C=O) groups is 1. The molecule has 0 radical (unpaired) electrons. The molecule has 0 spiro atoms. The highest BCUT2D eigenvalue weighted by atomic mass is 16.2. The van der Waals surface area contributed by atoms with Crippen molar-refractivity contribution in [1.29, 1.82) is 5.26 Å².